The van der Waals surface area contributed by atoms with Crippen molar-refractivity contribution in [1.82, 2.24) is 25.4 Å². The highest BCUT2D eigenvalue weighted by atomic mass is 35.5. The number of carbonyl (C=O) groups is 2. The molecule has 3 heterocycles. The van der Waals surface area contributed by atoms with E-state index in [1.165, 1.54) is 25.7 Å². The maximum Gasteiger partial charge on any atom is 0.231 e. The molecule has 1 saturated heterocycles. The number of fused-ring (bicyclic) bond motifs is 3. The Morgan fingerprint density at radius 3 is 2.66 bits per heavy atom. The van der Waals surface area contributed by atoms with Gasteiger partial charge in [-0.1, -0.05) is 49.4 Å². The number of furan rings is 1. The van der Waals surface area contributed by atoms with E-state index in [0.29, 0.717) is 37.0 Å². The van der Waals surface area contributed by atoms with Crippen LogP contribution in [0.2, 0.25) is 5.02 Å². The molecule has 41 heavy (non-hydrogen) atoms. The number of carbonyl (C=O) groups excluding carboxylic acids is 2. The molecule has 6 rings (SSSR count). The van der Waals surface area contributed by atoms with E-state index in [0.717, 1.165) is 55.9 Å². The number of hydrogen-bond acceptors (Lipinski definition) is 7. The predicted molar refractivity (Wildman–Crippen MR) is 158 cm³/mol. The molecule has 3 fully saturated rings. The van der Waals surface area contributed by atoms with Crippen LogP contribution >= 0.6 is 11.6 Å². The van der Waals surface area contributed by atoms with Gasteiger partial charge in [-0.25, -0.2) is 0 Å². The highest BCUT2D eigenvalue weighted by Crippen LogP contribution is 2.38. The van der Waals surface area contributed by atoms with E-state index >= 15 is 0 Å². The van der Waals surface area contributed by atoms with Gasteiger partial charge in [0.1, 0.15) is 11.6 Å². The van der Waals surface area contributed by atoms with Crippen molar-refractivity contribution < 1.29 is 14.0 Å². The van der Waals surface area contributed by atoms with Gasteiger partial charge in [-0.2, -0.15) is 5.10 Å². The highest BCUT2D eigenvalue weighted by Gasteiger charge is 2.50. The van der Waals surface area contributed by atoms with Gasteiger partial charge in [-0.05, 0) is 55.5 Å². The SMILES string of the molecule is O=C(CCC1=NNC2N(Cc3ccc(Cl)cc3)C(=O)C3CCCCC3N12)NCCN(Cc1ccco1)C1CCCC1. The topological polar surface area (TPSA) is 93.4 Å². The number of hydrogen-bond donors (Lipinski definition) is 2. The fraction of sp³-hybridized carbons (Fsp3) is 0.581. The van der Waals surface area contributed by atoms with Gasteiger partial charge < -0.3 is 14.6 Å². The van der Waals surface area contributed by atoms with Gasteiger partial charge in [0.2, 0.25) is 11.8 Å². The van der Waals surface area contributed by atoms with Crippen molar-refractivity contribution in [1.29, 1.82) is 0 Å². The molecule has 2 aliphatic heterocycles. The highest BCUT2D eigenvalue weighted by molar-refractivity contribution is 6.30. The number of nitrogens with zero attached hydrogens (tertiary/aromatic N) is 4. The molecule has 2 amide bonds. The van der Waals surface area contributed by atoms with Crippen molar-refractivity contribution in [2.75, 3.05) is 13.1 Å². The first-order chi connectivity index (χ1) is 20.1. The summed E-state index contributed by atoms with van der Waals surface area (Å²) in [5.41, 5.74) is 4.27. The molecule has 0 spiro atoms. The summed E-state index contributed by atoms with van der Waals surface area (Å²) in [6, 6.07) is 12.3. The van der Waals surface area contributed by atoms with Gasteiger partial charge in [-0.3, -0.25) is 24.8 Å². The number of halogens is 1. The third-order valence-corrected chi connectivity index (χ3v) is 9.45. The summed E-state index contributed by atoms with van der Waals surface area (Å²) in [5.74, 6) is 2.03. The third-order valence-electron chi connectivity index (χ3n) is 9.20. The molecule has 9 nitrogen and oxygen atoms in total. The largest absolute Gasteiger partial charge is 0.468 e. The Morgan fingerprint density at radius 1 is 1.10 bits per heavy atom. The van der Waals surface area contributed by atoms with Gasteiger partial charge >= 0.3 is 0 Å². The molecule has 2 aromatic rings. The zero-order valence-corrected chi connectivity index (χ0v) is 24.4. The molecule has 2 saturated carbocycles. The minimum atomic E-state index is -0.322. The Balaban J connectivity index is 1.05. The Bertz CT molecular complexity index is 1210. The second-order valence-corrected chi connectivity index (χ2v) is 12.3. The molecule has 2 N–H and O–H groups in total. The molecule has 0 bridgehead atoms. The lowest BCUT2D eigenvalue weighted by molar-refractivity contribution is -0.156. The van der Waals surface area contributed by atoms with Crippen molar-refractivity contribution >= 4 is 29.3 Å². The second kappa shape index (κ2) is 12.9. The summed E-state index contributed by atoms with van der Waals surface area (Å²) in [6.45, 7) is 2.69. The van der Waals surface area contributed by atoms with E-state index in [2.05, 4.69) is 25.6 Å². The van der Waals surface area contributed by atoms with Gasteiger partial charge in [0.05, 0.1) is 18.7 Å². The van der Waals surface area contributed by atoms with Crippen LogP contribution in [0.25, 0.3) is 0 Å². The molecular formula is C31H41ClN6O3. The number of hydrazone groups is 1. The first kappa shape index (κ1) is 28.1. The maximum atomic E-state index is 13.6. The van der Waals surface area contributed by atoms with Gasteiger partial charge in [-0.15, -0.1) is 0 Å². The van der Waals surface area contributed by atoms with Crippen molar-refractivity contribution in [3.05, 3.63) is 59.0 Å². The molecule has 4 aliphatic rings. The summed E-state index contributed by atoms with van der Waals surface area (Å²) >= 11 is 6.09. The number of nitrogens with one attached hydrogen (secondary N) is 2. The van der Waals surface area contributed by atoms with E-state index < -0.39 is 0 Å². The lowest BCUT2D eigenvalue weighted by Crippen LogP contribution is -2.67. The predicted octanol–water partition coefficient (Wildman–Crippen LogP) is 4.68. The Morgan fingerprint density at radius 2 is 1.88 bits per heavy atom. The number of amidine groups is 1. The molecule has 2 aliphatic carbocycles. The molecule has 0 radical (unpaired) electrons. The molecule has 1 aromatic carbocycles. The molecule has 10 heteroatoms. The zero-order valence-electron chi connectivity index (χ0n) is 23.6. The standard InChI is InChI=1S/C31H41ClN6O3/c32-23-13-11-22(12-14-23)20-37-30(40)26-9-3-4-10-27(26)38-28(34-35-31(37)38)15-16-29(39)33-17-18-36(24-6-1-2-7-24)21-25-8-5-19-41-25/h5,8,11-14,19,24,26-27,31,35H,1-4,6-7,9-10,15-18,20-21H2,(H,33,39). The van der Waals surface area contributed by atoms with Gasteiger partial charge in [0.25, 0.3) is 0 Å². The van der Waals surface area contributed by atoms with Crippen LogP contribution in [-0.4, -0.2) is 63.8 Å². The fourth-order valence-electron chi connectivity index (χ4n) is 7.10. The van der Waals surface area contributed by atoms with Gasteiger partial charge in [0.15, 0.2) is 6.29 Å². The Hall–Kier alpha value is -3.04. The Labute approximate surface area is 247 Å². The average molecular weight is 581 g/mol. The smallest absolute Gasteiger partial charge is 0.231 e. The first-order valence-corrected chi connectivity index (χ1v) is 15.6. The molecule has 1 aromatic heterocycles. The minimum absolute atomic E-state index is 0.0341. The fourth-order valence-corrected chi connectivity index (χ4v) is 7.23. The summed E-state index contributed by atoms with van der Waals surface area (Å²) in [4.78, 5) is 33.2. The van der Waals surface area contributed by atoms with Crippen LogP contribution in [0.3, 0.4) is 0 Å². The molecule has 3 atom stereocenters. The summed E-state index contributed by atoms with van der Waals surface area (Å²) < 4.78 is 5.60. The molecule has 220 valence electrons. The first-order valence-electron chi connectivity index (χ1n) is 15.3. The number of benzene rings is 1. The van der Waals surface area contributed by atoms with Crippen LogP contribution in [0, 0.1) is 5.92 Å². The normalized spacial score (nSPS) is 24.3. The lowest BCUT2D eigenvalue weighted by Gasteiger charge is -2.50. The minimum Gasteiger partial charge on any atom is -0.468 e. The number of rotatable bonds is 11. The van der Waals surface area contributed by atoms with Crippen molar-refractivity contribution in [3.63, 3.8) is 0 Å². The van der Waals surface area contributed by atoms with Crippen molar-refractivity contribution in [3.8, 4) is 0 Å². The molecular weight excluding hydrogens is 540 g/mol. The Kier molecular flexibility index (Phi) is 8.81. The van der Waals surface area contributed by atoms with Crippen molar-refractivity contribution in [2.45, 2.75) is 95.7 Å². The lowest BCUT2D eigenvalue weighted by atomic mass is 9.80. The van der Waals surface area contributed by atoms with Crippen LogP contribution in [0.1, 0.15) is 75.5 Å². The van der Waals surface area contributed by atoms with E-state index in [1.807, 2.05) is 41.3 Å². The maximum absolute atomic E-state index is 13.6. The van der Waals surface area contributed by atoms with E-state index in [-0.39, 0.29) is 30.1 Å². The van der Waals surface area contributed by atoms with Gasteiger partial charge in [0, 0.05) is 49.6 Å². The van der Waals surface area contributed by atoms with Crippen LogP contribution in [0.15, 0.2) is 52.2 Å². The monoisotopic (exact) mass is 580 g/mol. The van der Waals surface area contributed by atoms with E-state index in [4.69, 9.17) is 16.0 Å². The second-order valence-electron chi connectivity index (χ2n) is 11.8. The summed E-state index contributed by atoms with van der Waals surface area (Å²) in [7, 11) is 0. The van der Waals surface area contributed by atoms with Crippen LogP contribution in [0.4, 0.5) is 0 Å². The summed E-state index contributed by atoms with van der Waals surface area (Å²) in [5, 5.41) is 8.49. The quantitative estimate of drug-likeness (QED) is 0.401. The van der Waals surface area contributed by atoms with E-state index in [1.54, 1.807) is 6.26 Å². The van der Waals surface area contributed by atoms with E-state index in [9.17, 15) is 9.59 Å². The number of amides is 2. The third kappa shape index (κ3) is 6.41. The van der Waals surface area contributed by atoms with Crippen LogP contribution in [-0.2, 0) is 22.7 Å². The zero-order chi connectivity index (χ0) is 28.2. The summed E-state index contributed by atoms with van der Waals surface area (Å²) in [6.07, 6.45) is 11.3. The van der Waals surface area contributed by atoms with Crippen LogP contribution in [0.5, 0.6) is 0 Å². The van der Waals surface area contributed by atoms with Crippen LogP contribution < -0.4 is 10.7 Å². The van der Waals surface area contributed by atoms with Crippen molar-refractivity contribution in [2.24, 2.45) is 11.0 Å². The average Bonchev–Trinajstić information content (AvgIpc) is 3.77. The molecule has 3 unspecified atom stereocenters.